The topological polar surface area (TPSA) is 68.8 Å². The molecule has 4 aromatic rings. The summed E-state index contributed by atoms with van der Waals surface area (Å²) in [5.41, 5.74) is 2.22. The van der Waals surface area contributed by atoms with E-state index in [9.17, 15) is 9.18 Å². The van der Waals surface area contributed by atoms with Crippen molar-refractivity contribution in [2.75, 3.05) is 18.0 Å². The Bertz CT molecular complexity index is 1460. The van der Waals surface area contributed by atoms with Gasteiger partial charge in [0.25, 0.3) is 5.56 Å². The van der Waals surface area contributed by atoms with Gasteiger partial charge in [-0.05, 0) is 42.7 Å². The number of hydrogen-bond donors (Lipinski definition) is 0. The van der Waals surface area contributed by atoms with Crippen molar-refractivity contribution in [3.05, 3.63) is 69.2 Å². The molecule has 1 saturated heterocycles. The standard InChI is InChI=1S/C24H22ClFN6O/c1-30-12-15(11-27-30)14-6-8-31(13-14)21-10-18-23(28-20-3-2-7-32(20)24(18)33)22(29-21)17-5-4-16(25)9-19(17)26/h4-5,9-12,14H,2-3,6-8,13H2,1H3. The van der Waals surface area contributed by atoms with Gasteiger partial charge in [-0.2, -0.15) is 5.10 Å². The summed E-state index contributed by atoms with van der Waals surface area (Å²) in [6.07, 6.45) is 6.50. The van der Waals surface area contributed by atoms with Gasteiger partial charge in [-0.15, -0.1) is 0 Å². The van der Waals surface area contributed by atoms with Crippen molar-refractivity contribution < 1.29 is 4.39 Å². The normalized spacial score (nSPS) is 17.8. The van der Waals surface area contributed by atoms with Crippen LogP contribution in [0.25, 0.3) is 22.2 Å². The van der Waals surface area contributed by atoms with E-state index in [-0.39, 0.29) is 5.56 Å². The molecule has 0 spiro atoms. The lowest BCUT2D eigenvalue weighted by molar-refractivity contribution is 0.631. The Balaban J connectivity index is 1.51. The van der Waals surface area contributed by atoms with Crippen molar-refractivity contribution in [3.63, 3.8) is 0 Å². The van der Waals surface area contributed by atoms with Gasteiger partial charge in [-0.1, -0.05) is 11.6 Å². The molecule has 1 aromatic carbocycles. The highest BCUT2D eigenvalue weighted by atomic mass is 35.5. The lowest BCUT2D eigenvalue weighted by atomic mass is 10.0. The number of anilines is 1. The fourth-order valence-corrected chi connectivity index (χ4v) is 5.15. The summed E-state index contributed by atoms with van der Waals surface area (Å²) in [7, 11) is 1.91. The number of hydrogen-bond acceptors (Lipinski definition) is 5. The van der Waals surface area contributed by atoms with Crippen molar-refractivity contribution in [2.24, 2.45) is 7.05 Å². The third-order valence-corrected chi connectivity index (χ3v) is 6.92. The van der Waals surface area contributed by atoms with Crippen LogP contribution in [0.5, 0.6) is 0 Å². The number of aromatic nitrogens is 5. The first-order valence-electron chi connectivity index (χ1n) is 11.1. The highest BCUT2D eigenvalue weighted by Gasteiger charge is 2.28. The average molecular weight is 465 g/mol. The molecule has 33 heavy (non-hydrogen) atoms. The Kier molecular flexibility index (Phi) is 4.72. The number of benzene rings is 1. The molecule has 2 aliphatic rings. The minimum Gasteiger partial charge on any atom is -0.356 e. The molecule has 9 heteroatoms. The highest BCUT2D eigenvalue weighted by molar-refractivity contribution is 6.30. The third kappa shape index (κ3) is 3.40. The van der Waals surface area contributed by atoms with Crippen LogP contribution in [0.1, 0.15) is 30.1 Å². The Hall–Kier alpha value is -3.26. The number of fused-ring (bicyclic) bond motifs is 2. The third-order valence-electron chi connectivity index (χ3n) is 6.68. The zero-order valence-corrected chi connectivity index (χ0v) is 18.9. The van der Waals surface area contributed by atoms with Crippen LogP contribution in [0.15, 0.2) is 41.5 Å². The number of pyridine rings is 1. The smallest absolute Gasteiger partial charge is 0.261 e. The minimum atomic E-state index is -0.481. The monoisotopic (exact) mass is 464 g/mol. The van der Waals surface area contributed by atoms with E-state index in [1.165, 1.54) is 11.6 Å². The second-order valence-electron chi connectivity index (χ2n) is 8.82. The van der Waals surface area contributed by atoms with Crippen LogP contribution in [-0.4, -0.2) is 37.4 Å². The van der Waals surface area contributed by atoms with Gasteiger partial charge in [-0.3, -0.25) is 14.0 Å². The van der Waals surface area contributed by atoms with Gasteiger partial charge >= 0.3 is 0 Å². The summed E-state index contributed by atoms with van der Waals surface area (Å²) in [4.78, 5) is 25.1. The molecule has 2 aliphatic heterocycles. The van der Waals surface area contributed by atoms with Gasteiger partial charge in [0.2, 0.25) is 0 Å². The lowest BCUT2D eigenvalue weighted by Crippen LogP contribution is -2.24. The zero-order valence-electron chi connectivity index (χ0n) is 18.1. The van der Waals surface area contributed by atoms with E-state index in [4.69, 9.17) is 21.6 Å². The Morgan fingerprint density at radius 1 is 1.18 bits per heavy atom. The Morgan fingerprint density at radius 3 is 2.85 bits per heavy atom. The maximum atomic E-state index is 15.0. The second kappa shape index (κ2) is 7.66. The van der Waals surface area contributed by atoms with Crippen LogP contribution in [0, 0.1) is 5.82 Å². The molecule has 3 aromatic heterocycles. The van der Waals surface area contributed by atoms with Crippen LogP contribution >= 0.6 is 11.6 Å². The molecular weight excluding hydrogens is 443 g/mol. The van der Waals surface area contributed by atoms with E-state index < -0.39 is 5.82 Å². The largest absolute Gasteiger partial charge is 0.356 e. The molecule has 0 N–H and O–H groups in total. The molecule has 0 saturated carbocycles. The van der Waals surface area contributed by atoms with Crippen molar-refractivity contribution >= 4 is 28.3 Å². The van der Waals surface area contributed by atoms with Crippen LogP contribution in [0.4, 0.5) is 10.2 Å². The zero-order chi connectivity index (χ0) is 22.7. The molecule has 0 bridgehead atoms. The number of rotatable bonds is 3. The van der Waals surface area contributed by atoms with Crippen LogP contribution in [0.2, 0.25) is 5.02 Å². The molecule has 0 radical (unpaired) electrons. The summed E-state index contributed by atoms with van der Waals surface area (Å²) in [5, 5.41) is 5.07. The minimum absolute atomic E-state index is 0.0882. The Labute approximate surface area is 194 Å². The van der Waals surface area contributed by atoms with E-state index in [1.54, 1.807) is 21.4 Å². The van der Waals surface area contributed by atoms with Gasteiger partial charge in [0.05, 0.1) is 11.6 Å². The summed E-state index contributed by atoms with van der Waals surface area (Å²) in [5.74, 6) is 1.24. The van der Waals surface area contributed by atoms with Gasteiger partial charge in [0.15, 0.2) is 0 Å². The summed E-state index contributed by atoms with van der Waals surface area (Å²) < 4.78 is 18.5. The van der Waals surface area contributed by atoms with E-state index >= 15 is 0 Å². The molecule has 1 atom stereocenters. The SMILES string of the molecule is Cn1cc(C2CCN(c3cc4c(=O)n5c(nc4c(-c4ccc(Cl)cc4F)n3)CCC5)C2)cn1. The van der Waals surface area contributed by atoms with Crippen molar-refractivity contribution in [3.8, 4) is 11.3 Å². The molecule has 7 nitrogen and oxygen atoms in total. The first-order chi connectivity index (χ1) is 16.0. The molecule has 5 heterocycles. The molecule has 168 valence electrons. The number of nitrogens with zero attached hydrogens (tertiary/aromatic N) is 6. The van der Waals surface area contributed by atoms with E-state index in [1.807, 2.05) is 25.5 Å². The predicted octanol–water partition coefficient (Wildman–Crippen LogP) is 3.92. The van der Waals surface area contributed by atoms with Gasteiger partial charge < -0.3 is 4.90 Å². The molecule has 1 fully saturated rings. The number of halogens is 2. The number of aryl methyl sites for hydroxylation is 2. The summed E-state index contributed by atoms with van der Waals surface area (Å²) >= 11 is 5.99. The molecule has 6 rings (SSSR count). The van der Waals surface area contributed by atoms with Crippen molar-refractivity contribution in [1.29, 1.82) is 0 Å². The predicted molar refractivity (Wildman–Crippen MR) is 125 cm³/mol. The Morgan fingerprint density at radius 2 is 2.06 bits per heavy atom. The van der Waals surface area contributed by atoms with Crippen molar-refractivity contribution in [2.45, 2.75) is 31.7 Å². The maximum Gasteiger partial charge on any atom is 0.261 e. The molecular formula is C24H22ClFN6O. The second-order valence-corrected chi connectivity index (χ2v) is 9.25. The first kappa shape index (κ1) is 20.4. The maximum absolute atomic E-state index is 15.0. The van der Waals surface area contributed by atoms with Crippen LogP contribution in [-0.2, 0) is 20.0 Å². The van der Waals surface area contributed by atoms with E-state index in [0.29, 0.717) is 45.5 Å². The van der Waals surface area contributed by atoms with Crippen LogP contribution < -0.4 is 10.5 Å². The highest BCUT2D eigenvalue weighted by Crippen LogP contribution is 2.35. The van der Waals surface area contributed by atoms with E-state index in [0.717, 1.165) is 38.2 Å². The summed E-state index contributed by atoms with van der Waals surface area (Å²) in [6, 6.07) is 6.33. The fraction of sp³-hybridized carbons (Fsp3) is 0.333. The fourth-order valence-electron chi connectivity index (χ4n) is 4.99. The van der Waals surface area contributed by atoms with Crippen molar-refractivity contribution in [1.82, 2.24) is 24.3 Å². The van der Waals surface area contributed by atoms with Gasteiger partial charge in [-0.25, -0.2) is 14.4 Å². The average Bonchev–Trinajstić information content (AvgIpc) is 3.54. The summed E-state index contributed by atoms with van der Waals surface area (Å²) in [6.45, 7) is 2.21. The lowest BCUT2D eigenvalue weighted by Gasteiger charge is -2.20. The molecule has 0 aliphatic carbocycles. The van der Waals surface area contributed by atoms with Crippen LogP contribution in [0.3, 0.4) is 0 Å². The quantitative estimate of drug-likeness (QED) is 0.459. The first-order valence-corrected chi connectivity index (χ1v) is 11.5. The van der Waals surface area contributed by atoms with E-state index in [2.05, 4.69) is 10.00 Å². The molecule has 0 amide bonds. The van der Waals surface area contributed by atoms with Gasteiger partial charge in [0.1, 0.15) is 28.7 Å². The molecule has 1 unspecified atom stereocenters. The van der Waals surface area contributed by atoms with Gasteiger partial charge in [0, 0.05) is 55.8 Å².